The summed E-state index contributed by atoms with van der Waals surface area (Å²) >= 11 is 2.15. The van der Waals surface area contributed by atoms with Crippen molar-refractivity contribution in [3.8, 4) is 28.4 Å². The van der Waals surface area contributed by atoms with Crippen LogP contribution in [-0.2, 0) is 6.61 Å². The Morgan fingerprint density at radius 3 is 2.30 bits per heavy atom. The van der Waals surface area contributed by atoms with Crippen LogP contribution in [0.15, 0.2) is 108 Å². The largest absolute Gasteiger partial charge is 0.493 e. The fourth-order valence-electron chi connectivity index (χ4n) is 4.56. The number of methoxy groups -OCH3 is 1. The SMILES string of the molecule is COc1cc(/C=N/NC(=O)c2ccc(-n3c(C)ccc3-c3ccccc3)cc2)cc(I)c1OCc1ccc(C(=O)O)cc1. The van der Waals surface area contributed by atoms with Crippen molar-refractivity contribution in [1.82, 2.24) is 9.99 Å². The normalized spacial score (nSPS) is 11.0. The van der Waals surface area contributed by atoms with Crippen LogP contribution in [0, 0.1) is 10.5 Å². The first kappa shape index (κ1) is 29.6. The monoisotopic (exact) mass is 685 g/mol. The summed E-state index contributed by atoms with van der Waals surface area (Å²) in [5, 5.41) is 13.2. The third-order valence-corrected chi connectivity index (χ3v) is 7.55. The number of rotatable bonds is 10. The molecule has 0 aliphatic heterocycles. The van der Waals surface area contributed by atoms with Gasteiger partial charge < -0.3 is 19.1 Å². The highest BCUT2D eigenvalue weighted by Crippen LogP contribution is 2.34. The van der Waals surface area contributed by atoms with Crippen LogP contribution in [0.3, 0.4) is 0 Å². The number of benzene rings is 4. The zero-order valence-electron chi connectivity index (χ0n) is 23.5. The molecule has 8 nitrogen and oxygen atoms in total. The van der Waals surface area contributed by atoms with Gasteiger partial charge in [-0.3, -0.25) is 4.79 Å². The molecule has 2 N–H and O–H groups in total. The molecule has 0 aliphatic rings. The number of carboxylic acids is 1. The van der Waals surface area contributed by atoms with E-state index in [-0.39, 0.29) is 18.1 Å². The van der Waals surface area contributed by atoms with Crippen molar-refractivity contribution in [2.45, 2.75) is 13.5 Å². The zero-order chi connectivity index (χ0) is 30.3. The number of amides is 1. The number of aromatic carboxylic acids is 1. The second kappa shape index (κ2) is 13.4. The lowest BCUT2D eigenvalue weighted by molar-refractivity contribution is 0.0696. The standard InChI is InChI=1S/C34H28IN3O5/c1-22-8-17-30(25-6-4-3-5-7-25)38(22)28-15-13-26(14-16-28)33(39)37-36-20-24-18-29(35)32(31(19-24)42-2)43-21-23-9-11-27(12-10-23)34(40)41/h3-20H,21H2,1-2H3,(H,37,39)(H,40,41)/b36-20+. The summed E-state index contributed by atoms with van der Waals surface area (Å²) in [4.78, 5) is 23.9. The molecule has 0 atom stereocenters. The van der Waals surface area contributed by atoms with Crippen LogP contribution in [0.25, 0.3) is 16.9 Å². The fourth-order valence-corrected chi connectivity index (χ4v) is 5.34. The summed E-state index contributed by atoms with van der Waals surface area (Å²) < 4.78 is 14.5. The first-order valence-electron chi connectivity index (χ1n) is 13.3. The average molecular weight is 686 g/mol. The molecule has 0 spiro atoms. The Labute approximate surface area is 262 Å². The minimum Gasteiger partial charge on any atom is -0.493 e. The van der Waals surface area contributed by atoms with E-state index >= 15 is 0 Å². The van der Waals surface area contributed by atoms with E-state index in [1.165, 1.54) is 12.1 Å². The van der Waals surface area contributed by atoms with Crippen LogP contribution in [-0.4, -0.2) is 34.9 Å². The molecule has 0 radical (unpaired) electrons. The maximum Gasteiger partial charge on any atom is 0.335 e. The van der Waals surface area contributed by atoms with E-state index in [9.17, 15) is 9.59 Å². The van der Waals surface area contributed by atoms with Crippen molar-refractivity contribution in [3.05, 3.63) is 135 Å². The smallest absolute Gasteiger partial charge is 0.335 e. The van der Waals surface area contributed by atoms with Gasteiger partial charge in [0, 0.05) is 16.9 Å². The number of carboxylic acid groups (broad SMARTS) is 1. The molecule has 0 fully saturated rings. The average Bonchev–Trinajstić information content (AvgIpc) is 3.42. The minimum absolute atomic E-state index is 0.216. The van der Waals surface area contributed by atoms with Gasteiger partial charge in [0.05, 0.1) is 28.2 Å². The summed E-state index contributed by atoms with van der Waals surface area (Å²) in [6, 6.07) is 31.9. The van der Waals surface area contributed by atoms with Crippen LogP contribution in [0.2, 0.25) is 0 Å². The molecule has 9 heteroatoms. The van der Waals surface area contributed by atoms with Gasteiger partial charge in [-0.05, 0) is 107 Å². The highest BCUT2D eigenvalue weighted by molar-refractivity contribution is 14.1. The molecule has 0 saturated heterocycles. The van der Waals surface area contributed by atoms with Crippen LogP contribution in [0.1, 0.15) is 37.5 Å². The second-order valence-corrected chi connectivity index (χ2v) is 10.8. The Bertz CT molecular complexity index is 1780. The van der Waals surface area contributed by atoms with Crippen molar-refractivity contribution >= 4 is 40.7 Å². The van der Waals surface area contributed by atoms with Gasteiger partial charge in [0.1, 0.15) is 6.61 Å². The molecular formula is C34H28IN3O5. The number of carbonyl (C=O) groups excluding carboxylic acids is 1. The maximum atomic E-state index is 12.8. The first-order valence-corrected chi connectivity index (χ1v) is 14.4. The summed E-state index contributed by atoms with van der Waals surface area (Å²) in [7, 11) is 1.55. The van der Waals surface area contributed by atoms with Crippen molar-refractivity contribution < 1.29 is 24.2 Å². The van der Waals surface area contributed by atoms with E-state index in [0.717, 1.165) is 31.8 Å². The van der Waals surface area contributed by atoms with Crippen LogP contribution >= 0.6 is 22.6 Å². The highest BCUT2D eigenvalue weighted by Gasteiger charge is 2.13. The number of ether oxygens (including phenoxy) is 2. The first-order chi connectivity index (χ1) is 20.8. The van der Waals surface area contributed by atoms with E-state index in [2.05, 4.69) is 68.9 Å². The van der Waals surface area contributed by atoms with E-state index in [1.807, 2.05) is 36.4 Å². The molecule has 216 valence electrons. The summed E-state index contributed by atoms with van der Waals surface area (Å²) in [6.45, 7) is 2.30. The Morgan fingerprint density at radius 2 is 1.63 bits per heavy atom. The van der Waals surface area contributed by atoms with Crippen molar-refractivity contribution in [2.75, 3.05) is 7.11 Å². The number of nitrogens with zero attached hydrogens (tertiary/aromatic N) is 2. The summed E-state index contributed by atoms with van der Waals surface area (Å²) in [6.07, 6.45) is 1.54. The molecule has 5 aromatic rings. The van der Waals surface area contributed by atoms with E-state index in [4.69, 9.17) is 14.6 Å². The maximum absolute atomic E-state index is 12.8. The third-order valence-electron chi connectivity index (χ3n) is 6.75. The minimum atomic E-state index is -0.976. The van der Waals surface area contributed by atoms with E-state index in [0.29, 0.717) is 22.6 Å². The molecule has 4 aromatic carbocycles. The molecule has 0 saturated carbocycles. The third kappa shape index (κ3) is 6.95. The lowest BCUT2D eigenvalue weighted by Crippen LogP contribution is -2.17. The number of halogens is 1. The molecule has 0 aliphatic carbocycles. The molecule has 43 heavy (non-hydrogen) atoms. The summed E-state index contributed by atoms with van der Waals surface area (Å²) in [5.74, 6) is -0.242. The summed E-state index contributed by atoms with van der Waals surface area (Å²) in [5.41, 5.74) is 9.08. The van der Waals surface area contributed by atoms with Gasteiger partial charge in [-0.25, -0.2) is 10.2 Å². The molecule has 0 bridgehead atoms. The lowest BCUT2D eigenvalue weighted by Gasteiger charge is -2.14. The van der Waals surface area contributed by atoms with Gasteiger partial charge in [0.15, 0.2) is 11.5 Å². The molecule has 1 aromatic heterocycles. The number of nitrogens with one attached hydrogen (secondary N) is 1. The number of hydrogen-bond acceptors (Lipinski definition) is 5. The predicted molar refractivity (Wildman–Crippen MR) is 174 cm³/mol. The van der Waals surface area contributed by atoms with Gasteiger partial charge in [-0.2, -0.15) is 5.10 Å². The van der Waals surface area contributed by atoms with Crippen LogP contribution < -0.4 is 14.9 Å². The Balaban J connectivity index is 1.23. The second-order valence-electron chi connectivity index (χ2n) is 9.63. The topological polar surface area (TPSA) is 102 Å². The van der Waals surface area contributed by atoms with Gasteiger partial charge in [0.2, 0.25) is 0 Å². The predicted octanol–water partition coefficient (Wildman–Crippen LogP) is 7.11. The Kier molecular flexibility index (Phi) is 9.21. The number of hydrogen-bond donors (Lipinski definition) is 2. The fraction of sp³-hybridized carbons (Fsp3) is 0.0882. The Hall–Kier alpha value is -4.90. The van der Waals surface area contributed by atoms with Crippen LogP contribution in [0.4, 0.5) is 0 Å². The van der Waals surface area contributed by atoms with Crippen molar-refractivity contribution in [2.24, 2.45) is 5.10 Å². The highest BCUT2D eigenvalue weighted by atomic mass is 127. The lowest BCUT2D eigenvalue weighted by atomic mass is 10.1. The quantitative estimate of drug-likeness (QED) is 0.0928. The molecular weight excluding hydrogens is 657 g/mol. The number of hydrazone groups is 1. The van der Waals surface area contributed by atoms with Gasteiger partial charge in [0.25, 0.3) is 5.91 Å². The molecule has 1 amide bonds. The van der Waals surface area contributed by atoms with Gasteiger partial charge in [-0.15, -0.1) is 0 Å². The Morgan fingerprint density at radius 1 is 0.930 bits per heavy atom. The number of aryl methyl sites for hydroxylation is 1. The number of aromatic nitrogens is 1. The van der Waals surface area contributed by atoms with Gasteiger partial charge >= 0.3 is 5.97 Å². The molecule has 1 heterocycles. The van der Waals surface area contributed by atoms with E-state index < -0.39 is 5.97 Å². The van der Waals surface area contributed by atoms with Gasteiger partial charge in [-0.1, -0.05) is 42.5 Å². The zero-order valence-corrected chi connectivity index (χ0v) is 25.6. The van der Waals surface area contributed by atoms with Crippen molar-refractivity contribution in [3.63, 3.8) is 0 Å². The number of carbonyl (C=O) groups is 2. The van der Waals surface area contributed by atoms with E-state index in [1.54, 1.807) is 43.7 Å². The van der Waals surface area contributed by atoms with Crippen LogP contribution in [0.5, 0.6) is 11.5 Å². The molecule has 5 rings (SSSR count). The van der Waals surface area contributed by atoms with Crippen molar-refractivity contribution in [1.29, 1.82) is 0 Å². The molecule has 0 unspecified atom stereocenters.